The molecule has 0 amide bonds. The standard InChI is InChI=1S/C25H33N7O4/c1-14(2)35-22-11-15(3)27-25(29-22)26-13-20-23(30-31-32(20)5)19-9-10-21(16(4)28-19)36-18-8-6-7-17(12-18)24(33)34/h9-11,14,17-18H,6-8,12-13H2,1-5H3,(H,33,34)(H,26,27,29)/t17?,18-/m0/s1. The molecule has 1 unspecified atom stereocenters. The third kappa shape index (κ3) is 6.07. The first-order valence-corrected chi connectivity index (χ1v) is 12.2. The van der Waals surface area contributed by atoms with Gasteiger partial charge in [0.2, 0.25) is 11.8 Å². The largest absolute Gasteiger partial charge is 0.489 e. The number of aromatic nitrogens is 6. The molecule has 11 nitrogen and oxygen atoms in total. The number of ether oxygens (including phenoxy) is 2. The van der Waals surface area contributed by atoms with Crippen molar-refractivity contribution in [3.8, 4) is 23.0 Å². The molecular weight excluding hydrogens is 462 g/mol. The van der Waals surface area contributed by atoms with Crippen molar-refractivity contribution in [1.29, 1.82) is 0 Å². The number of carbonyl (C=O) groups is 1. The van der Waals surface area contributed by atoms with E-state index < -0.39 is 5.97 Å². The van der Waals surface area contributed by atoms with E-state index in [-0.39, 0.29) is 18.1 Å². The number of hydrogen-bond acceptors (Lipinski definition) is 9. The lowest BCUT2D eigenvalue weighted by Crippen LogP contribution is -2.29. The van der Waals surface area contributed by atoms with E-state index in [9.17, 15) is 9.90 Å². The Bertz CT molecular complexity index is 1230. The lowest BCUT2D eigenvalue weighted by molar-refractivity contribution is -0.143. The van der Waals surface area contributed by atoms with Gasteiger partial charge >= 0.3 is 5.97 Å². The summed E-state index contributed by atoms with van der Waals surface area (Å²) >= 11 is 0. The number of nitrogens with zero attached hydrogens (tertiary/aromatic N) is 6. The van der Waals surface area contributed by atoms with Gasteiger partial charge in [-0.05, 0) is 65.5 Å². The number of carboxylic acid groups (broad SMARTS) is 1. The zero-order chi connectivity index (χ0) is 25.8. The first-order chi connectivity index (χ1) is 17.2. The van der Waals surface area contributed by atoms with Crippen LogP contribution < -0.4 is 14.8 Å². The van der Waals surface area contributed by atoms with Crippen molar-refractivity contribution in [2.45, 2.75) is 72.1 Å². The average Bonchev–Trinajstić information content (AvgIpc) is 3.18. The molecule has 0 aromatic carbocycles. The summed E-state index contributed by atoms with van der Waals surface area (Å²) in [6.07, 6.45) is 2.79. The van der Waals surface area contributed by atoms with Gasteiger partial charge in [-0.15, -0.1) is 5.10 Å². The van der Waals surface area contributed by atoms with Crippen LogP contribution in [0, 0.1) is 19.8 Å². The van der Waals surface area contributed by atoms with Gasteiger partial charge in [-0.1, -0.05) is 5.21 Å². The van der Waals surface area contributed by atoms with Crippen LogP contribution in [0.1, 0.15) is 56.6 Å². The zero-order valence-electron chi connectivity index (χ0n) is 21.4. The number of aliphatic carboxylic acids is 1. The lowest BCUT2D eigenvalue weighted by atomic mass is 9.87. The van der Waals surface area contributed by atoms with Crippen LogP contribution in [0.4, 0.5) is 5.95 Å². The maximum Gasteiger partial charge on any atom is 0.306 e. The monoisotopic (exact) mass is 495 g/mol. The number of aryl methyl sites for hydroxylation is 3. The Labute approximate surface area is 210 Å². The van der Waals surface area contributed by atoms with Gasteiger partial charge in [-0.3, -0.25) is 4.79 Å². The molecule has 0 saturated heterocycles. The van der Waals surface area contributed by atoms with Crippen LogP contribution in [0.5, 0.6) is 11.6 Å². The fourth-order valence-corrected chi connectivity index (χ4v) is 4.32. The normalized spacial score (nSPS) is 17.7. The number of anilines is 1. The molecule has 11 heteroatoms. The molecule has 0 bridgehead atoms. The molecule has 1 saturated carbocycles. The van der Waals surface area contributed by atoms with E-state index in [1.807, 2.05) is 46.9 Å². The van der Waals surface area contributed by atoms with Gasteiger partial charge in [0.15, 0.2) is 0 Å². The minimum atomic E-state index is -0.753. The van der Waals surface area contributed by atoms with Gasteiger partial charge in [0.1, 0.15) is 11.4 Å². The van der Waals surface area contributed by atoms with Crippen molar-refractivity contribution < 1.29 is 19.4 Å². The SMILES string of the molecule is Cc1cc(OC(C)C)nc(NCc2c(-c3ccc(O[C@H]4CCCC(C(=O)O)C4)c(C)n3)nnn2C)n1. The fraction of sp³-hybridized carbons (Fsp3) is 0.520. The summed E-state index contributed by atoms with van der Waals surface area (Å²) in [5.74, 6) is 0.527. The van der Waals surface area contributed by atoms with Gasteiger partial charge in [-0.25, -0.2) is 14.6 Å². The maximum atomic E-state index is 11.4. The third-order valence-corrected chi connectivity index (χ3v) is 6.09. The van der Waals surface area contributed by atoms with E-state index in [1.165, 1.54) is 0 Å². The molecule has 3 heterocycles. The Morgan fingerprint density at radius 2 is 2.03 bits per heavy atom. The molecular formula is C25H33N7O4. The summed E-state index contributed by atoms with van der Waals surface area (Å²) in [5.41, 5.74) is 3.66. The molecule has 2 N–H and O–H groups in total. The van der Waals surface area contributed by atoms with Crippen molar-refractivity contribution in [2.24, 2.45) is 13.0 Å². The second-order valence-electron chi connectivity index (χ2n) is 9.42. The van der Waals surface area contributed by atoms with Gasteiger partial charge in [0.25, 0.3) is 0 Å². The Hall–Kier alpha value is -3.76. The van der Waals surface area contributed by atoms with E-state index in [0.29, 0.717) is 54.0 Å². The van der Waals surface area contributed by atoms with Crippen LogP contribution in [-0.4, -0.2) is 53.2 Å². The summed E-state index contributed by atoms with van der Waals surface area (Å²) in [4.78, 5) is 25.0. The Morgan fingerprint density at radius 1 is 1.22 bits per heavy atom. The third-order valence-electron chi connectivity index (χ3n) is 6.09. The van der Waals surface area contributed by atoms with Crippen LogP contribution in [0.15, 0.2) is 18.2 Å². The van der Waals surface area contributed by atoms with Gasteiger partial charge in [-0.2, -0.15) is 4.98 Å². The minimum absolute atomic E-state index is 0.0120. The second-order valence-corrected chi connectivity index (χ2v) is 9.42. The molecule has 192 valence electrons. The number of pyridine rings is 1. The van der Waals surface area contributed by atoms with Crippen LogP contribution in [0.25, 0.3) is 11.4 Å². The molecule has 3 aromatic heterocycles. The number of rotatable bonds is 9. The predicted molar refractivity (Wildman–Crippen MR) is 133 cm³/mol. The number of hydrogen-bond donors (Lipinski definition) is 2. The molecule has 0 radical (unpaired) electrons. The first kappa shape index (κ1) is 25.3. The van der Waals surface area contributed by atoms with Crippen LogP contribution >= 0.6 is 0 Å². The molecule has 36 heavy (non-hydrogen) atoms. The number of nitrogens with one attached hydrogen (secondary N) is 1. The summed E-state index contributed by atoms with van der Waals surface area (Å²) < 4.78 is 13.5. The summed E-state index contributed by atoms with van der Waals surface area (Å²) in [7, 11) is 1.82. The smallest absolute Gasteiger partial charge is 0.306 e. The number of carboxylic acids is 1. The molecule has 1 fully saturated rings. The lowest BCUT2D eigenvalue weighted by Gasteiger charge is -2.27. The Balaban J connectivity index is 1.48. The average molecular weight is 496 g/mol. The van der Waals surface area contributed by atoms with Crippen LogP contribution in [0.3, 0.4) is 0 Å². The molecule has 1 aliphatic carbocycles. The highest BCUT2D eigenvalue weighted by Crippen LogP contribution is 2.30. The topological polar surface area (TPSA) is 137 Å². The molecule has 0 aliphatic heterocycles. The van der Waals surface area contributed by atoms with E-state index in [1.54, 1.807) is 10.7 Å². The van der Waals surface area contributed by atoms with Crippen LogP contribution in [-0.2, 0) is 18.4 Å². The van der Waals surface area contributed by atoms with Crippen molar-refractivity contribution in [3.05, 3.63) is 35.3 Å². The fourth-order valence-electron chi connectivity index (χ4n) is 4.32. The molecule has 1 aliphatic rings. The van der Waals surface area contributed by atoms with Crippen molar-refractivity contribution in [1.82, 2.24) is 29.9 Å². The highest BCUT2D eigenvalue weighted by Gasteiger charge is 2.28. The first-order valence-electron chi connectivity index (χ1n) is 12.2. The van der Waals surface area contributed by atoms with E-state index in [0.717, 1.165) is 24.2 Å². The predicted octanol–water partition coefficient (Wildman–Crippen LogP) is 3.71. The van der Waals surface area contributed by atoms with E-state index in [2.05, 4.69) is 25.6 Å². The molecule has 2 atom stereocenters. The van der Waals surface area contributed by atoms with Gasteiger partial charge in [0.05, 0.1) is 41.8 Å². The summed E-state index contributed by atoms with van der Waals surface area (Å²) in [6.45, 7) is 8.06. The van der Waals surface area contributed by atoms with Crippen molar-refractivity contribution in [3.63, 3.8) is 0 Å². The molecule has 3 aromatic rings. The van der Waals surface area contributed by atoms with Crippen molar-refractivity contribution in [2.75, 3.05) is 5.32 Å². The van der Waals surface area contributed by atoms with Gasteiger partial charge < -0.3 is 19.9 Å². The highest BCUT2D eigenvalue weighted by molar-refractivity contribution is 5.70. The maximum absolute atomic E-state index is 11.4. The van der Waals surface area contributed by atoms with E-state index in [4.69, 9.17) is 14.5 Å². The van der Waals surface area contributed by atoms with Crippen LogP contribution in [0.2, 0.25) is 0 Å². The quantitative estimate of drug-likeness (QED) is 0.452. The molecule has 0 spiro atoms. The minimum Gasteiger partial charge on any atom is -0.489 e. The summed E-state index contributed by atoms with van der Waals surface area (Å²) in [6, 6.07) is 5.52. The van der Waals surface area contributed by atoms with Gasteiger partial charge in [0, 0.05) is 18.8 Å². The second kappa shape index (κ2) is 10.9. The van der Waals surface area contributed by atoms with E-state index >= 15 is 0 Å². The Kier molecular flexibility index (Phi) is 7.66. The highest BCUT2D eigenvalue weighted by atomic mass is 16.5. The molecule has 4 rings (SSSR count). The summed E-state index contributed by atoms with van der Waals surface area (Å²) in [5, 5.41) is 21.1. The Morgan fingerprint density at radius 3 is 2.75 bits per heavy atom. The van der Waals surface area contributed by atoms with Crippen molar-refractivity contribution >= 4 is 11.9 Å². The zero-order valence-corrected chi connectivity index (χ0v) is 21.4.